The summed E-state index contributed by atoms with van der Waals surface area (Å²) in [5.74, 6) is 1.08. The van der Waals surface area contributed by atoms with Crippen LogP contribution in [-0.2, 0) is 9.59 Å². The number of methoxy groups -OCH3 is 1. The lowest BCUT2D eigenvalue weighted by Gasteiger charge is -2.19. The Labute approximate surface area is 150 Å². The Balaban J connectivity index is 2.21. The van der Waals surface area contributed by atoms with Crippen LogP contribution in [0, 0.1) is 17.8 Å². The quantitative estimate of drug-likeness (QED) is 0.861. The Morgan fingerprint density at radius 2 is 1.80 bits per heavy atom. The Bertz CT molecular complexity index is 595. The van der Waals surface area contributed by atoms with E-state index in [-0.39, 0.29) is 29.6 Å². The van der Waals surface area contributed by atoms with E-state index >= 15 is 0 Å². The summed E-state index contributed by atoms with van der Waals surface area (Å²) in [6.07, 6.45) is 0. The van der Waals surface area contributed by atoms with Crippen LogP contribution in [0.5, 0.6) is 5.75 Å². The van der Waals surface area contributed by atoms with Crippen LogP contribution >= 0.6 is 0 Å². The Hall–Kier alpha value is -2.04. The molecule has 0 aromatic heterocycles. The number of carbonyl (C=O) groups is 2. The van der Waals surface area contributed by atoms with Gasteiger partial charge in [-0.05, 0) is 23.6 Å². The minimum Gasteiger partial charge on any atom is -0.497 e. The smallest absolute Gasteiger partial charge is 0.225 e. The van der Waals surface area contributed by atoms with Gasteiger partial charge in [0.1, 0.15) is 5.75 Å². The van der Waals surface area contributed by atoms with Crippen molar-refractivity contribution in [3.05, 3.63) is 29.8 Å². The second kappa shape index (κ2) is 8.37. The van der Waals surface area contributed by atoms with Gasteiger partial charge in [0.15, 0.2) is 0 Å². The Morgan fingerprint density at radius 3 is 2.32 bits per heavy atom. The number of hydrogen-bond acceptors (Lipinski definition) is 3. The fourth-order valence-electron chi connectivity index (χ4n) is 3.24. The van der Waals surface area contributed by atoms with Crippen LogP contribution in [-0.4, -0.2) is 43.5 Å². The van der Waals surface area contributed by atoms with Gasteiger partial charge in [-0.1, -0.05) is 39.8 Å². The zero-order chi connectivity index (χ0) is 18.6. The van der Waals surface area contributed by atoms with Crippen molar-refractivity contribution in [2.45, 2.75) is 33.6 Å². The third kappa shape index (κ3) is 4.74. The van der Waals surface area contributed by atoms with Gasteiger partial charge in [0.25, 0.3) is 0 Å². The zero-order valence-corrected chi connectivity index (χ0v) is 15.9. The molecule has 1 aromatic rings. The fraction of sp³-hybridized carbons (Fsp3) is 0.600. The molecule has 0 unspecified atom stereocenters. The standard InChI is InChI=1S/C20H30N2O3/c1-13(2)10-21-19(23)18-12-22(20(24)14(3)4)11-17(18)15-6-8-16(25-5)9-7-15/h6-9,13-14,17-18H,10-12H2,1-5H3,(H,21,23)/t17-,18-/m1/s1. The molecule has 1 aliphatic rings. The topological polar surface area (TPSA) is 58.6 Å². The summed E-state index contributed by atoms with van der Waals surface area (Å²) in [6, 6.07) is 7.81. The highest BCUT2D eigenvalue weighted by molar-refractivity contribution is 5.84. The molecule has 0 aliphatic carbocycles. The third-order valence-electron chi connectivity index (χ3n) is 4.69. The average molecular weight is 346 g/mol. The molecule has 1 aromatic carbocycles. The molecular weight excluding hydrogens is 316 g/mol. The number of nitrogens with zero attached hydrogens (tertiary/aromatic N) is 1. The Kier molecular flexibility index (Phi) is 6.45. The molecule has 0 bridgehead atoms. The van der Waals surface area contributed by atoms with Gasteiger partial charge in [-0.2, -0.15) is 0 Å². The summed E-state index contributed by atoms with van der Waals surface area (Å²) >= 11 is 0. The normalized spacial score (nSPS) is 20.2. The number of benzene rings is 1. The molecule has 2 rings (SSSR count). The van der Waals surface area contributed by atoms with Crippen LogP contribution in [0.1, 0.15) is 39.2 Å². The first-order valence-electron chi connectivity index (χ1n) is 9.04. The number of nitrogens with one attached hydrogen (secondary N) is 1. The third-order valence-corrected chi connectivity index (χ3v) is 4.69. The number of amides is 2. The van der Waals surface area contributed by atoms with E-state index < -0.39 is 0 Å². The summed E-state index contributed by atoms with van der Waals surface area (Å²) in [7, 11) is 1.63. The van der Waals surface area contributed by atoms with Crippen LogP contribution in [0.25, 0.3) is 0 Å². The summed E-state index contributed by atoms with van der Waals surface area (Å²) in [5, 5.41) is 3.03. The maximum atomic E-state index is 12.7. The molecule has 5 heteroatoms. The van der Waals surface area contributed by atoms with E-state index in [9.17, 15) is 9.59 Å². The van der Waals surface area contributed by atoms with Crippen molar-refractivity contribution in [1.29, 1.82) is 0 Å². The predicted molar refractivity (Wildman–Crippen MR) is 98.5 cm³/mol. The lowest BCUT2D eigenvalue weighted by atomic mass is 9.88. The molecule has 2 amide bonds. The maximum absolute atomic E-state index is 12.7. The number of carbonyl (C=O) groups excluding carboxylic acids is 2. The highest BCUT2D eigenvalue weighted by Crippen LogP contribution is 2.34. The van der Waals surface area contributed by atoms with E-state index in [1.54, 1.807) is 7.11 Å². The molecule has 5 nitrogen and oxygen atoms in total. The van der Waals surface area contributed by atoms with Gasteiger partial charge < -0.3 is 15.0 Å². The van der Waals surface area contributed by atoms with Crippen LogP contribution in [0.3, 0.4) is 0 Å². The van der Waals surface area contributed by atoms with Gasteiger partial charge in [-0.25, -0.2) is 0 Å². The van der Waals surface area contributed by atoms with E-state index in [1.807, 2.05) is 43.0 Å². The van der Waals surface area contributed by atoms with E-state index in [2.05, 4.69) is 19.2 Å². The van der Waals surface area contributed by atoms with Gasteiger partial charge in [-0.3, -0.25) is 9.59 Å². The summed E-state index contributed by atoms with van der Waals surface area (Å²) in [6.45, 7) is 9.67. The molecule has 2 atom stereocenters. The number of rotatable bonds is 6. The summed E-state index contributed by atoms with van der Waals surface area (Å²) in [4.78, 5) is 27.0. The van der Waals surface area contributed by atoms with Crippen LogP contribution < -0.4 is 10.1 Å². The molecule has 1 heterocycles. The fourth-order valence-corrected chi connectivity index (χ4v) is 3.24. The molecular formula is C20H30N2O3. The second-order valence-corrected chi connectivity index (χ2v) is 7.52. The highest BCUT2D eigenvalue weighted by atomic mass is 16.5. The molecule has 1 N–H and O–H groups in total. The number of hydrogen-bond donors (Lipinski definition) is 1. The molecule has 0 radical (unpaired) electrons. The minimum absolute atomic E-state index is 0.0146. The van der Waals surface area contributed by atoms with Crippen molar-refractivity contribution in [1.82, 2.24) is 10.2 Å². The van der Waals surface area contributed by atoms with E-state index in [0.717, 1.165) is 11.3 Å². The SMILES string of the molecule is COc1ccc([C@H]2CN(C(=O)C(C)C)C[C@H]2C(=O)NCC(C)C)cc1. The lowest BCUT2D eigenvalue weighted by molar-refractivity contribution is -0.133. The van der Waals surface area contributed by atoms with Crippen molar-refractivity contribution in [2.24, 2.45) is 17.8 Å². The molecule has 1 aliphatic heterocycles. The van der Waals surface area contributed by atoms with Crippen molar-refractivity contribution in [3.63, 3.8) is 0 Å². The van der Waals surface area contributed by atoms with Gasteiger partial charge in [0.05, 0.1) is 13.0 Å². The molecule has 138 valence electrons. The van der Waals surface area contributed by atoms with Crippen molar-refractivity contribution in [3.8, 4) is 5.75 Å². The van der Waals surface area contributed by atoms with E-state index in [4.69, 9.17) is 4.74 Å². The minimum atomic E-state index is -0.213. The molecule has 25 heavy (non-hydrogen) atoms. The molecule has 1 fully saturated rings. The van der Waals surface area contributed by atoms with Crippen molar-refractivity contribution >= 4 is 11.8 Å². The van der Waals surface area contributed by atoms with Crippen molar-refractivity contribution < 1.29 is 14.3 Å². The van der Waals surface area contributed by atoms with Gasteiger partial charge in [0.2, 0.25) is 11.8 Å². The lowest BCUT2D eigenvalue weighted by Crippen LogP contribution is -2.37. The van der Waals surface area contributed by atoms with Crippen LogP contribution in [0.2, 0.25) is 0 Å². The Morgan fingerprint density at radius 1 is 1.16 bits per heavy atom. The van der Waals surface area contributed by atoms with E-state index in [0.29, 0.717) is 25.6 Å². The number of likely N-dealkylation sites (tertiary alicyclic amines) is 1. The molecule has 1 saturated heterocycles. The highest BCUT2D eigenvalue weighted by Gasteiger charge is 2.40. The van der Waals surface area contributed by atoms with Crippen LogP contribution in [0.4, 0.5) is 0 Å². The first-order valence-corrected chi connectivity index (χ1v) is 9.04. The molecule has 0 saturated carbocycles. The predicted octanol–water partition coefficient (Wildman–Crippen LogP) is 2.67. The van der Waals surface area contributed by atoms with Gasteiger partial charge in [-0.15, -0.1) is 0 Å². The largest absolute Gasteiger partial charge is 0.497 e. The first-order chi connectivity index (χ1) is 11.8. The van der Waals surface area contributed by atoms with Crippen molar-refractivity contribution in [2.75, 3.05) is 26.7 Å². The van der Waals surface area contributed by atoms with Crippen LogP contribution in [0.15, 0.2) is 24.3 Å². The summed E-state index contributed by atoms with van der Waals surface area (Å²) in [5.41, 5.74) is 1.07. The second-order valence-electron chi connectivity index (χ2n) is 7.52. The average Bonchev–Trinajstić information content (AvgIpc) is 3.04. The maximum Gasteiger partial charge on any atom is 0.225 e. The number of ether oxygens (including phenoxy) is 1. The van der Waals surface area contributed by atoms with Gasteiger partial charge in [0, 0.05) is 31.5 Å². The summed E-state index contributed by atoms with van der Waals surface area (Å²) < 4.78 is 5.22. The van der Waals surface area contributed by atoms with Gasteiger partial charge >= 0.3 is 0 Å². The molecule has 0 spiro atoms. The first kappa shape index (κ1) is 19.3. The zero-order valence-electron chi connectivity index (χ0n) is 15.9. The van der Waals surface area contributed by atoms with E-state index in [1.165, 1.54) is 0 Å². The monoisotopic (exact) mass is 346 g/mol.